The van der Waals surface area contributed by atoms with Crippen LogP contribution in [0.5, 0.6) is 0 Å². The summed E-state index contributed by atoms with van der Waals surface area (Å²) in [6.07, 6.45) is 2.27. The first kappa shape index (κ1) is 15.1. The maximum atomic E-state index is 10.3. The summed E-state index contributed by atoms with van der Waals surface area (Å²) in [7, 11) is 0. The van der Waals surface area contributed by atoms with Crippen molar-refractivity contribution in [1.82, 2.24) is 0 Å². The van der Waals surface area contributed by atoms with Crippen LogP contribution in [0.15, 0.2) is 41.9 Å². The maximum absolute atomic E-state index is 10.3. The molecular formula is C15H18N4OS. The molecule has 21 heavy (non-hydrogen) atoms. The lowest BCUT2D eigenvalue weighted by Crippen LogP contribution is -2.09. The van der Waals surface area contributed by atoms with E-state index in [1.807, 2.05) is 19.1 Å². The van der Waals surface area contributed by atoms with E-state index < -0.39 is 6.23 Å². The van der Waals surface area contributed by atoms with E-state index in [0.717, 1.165) is 11.3 Å². The number of benzene rings is 1. The summed E-state index contributed by atoms with van der Waals surface area (Å²) in [5.41, 5.74) is 14.6. The zero-order chi connectivity index (χ0) is 15.4. The molecule has 0 aliphatic carbocycles. The van der Waals surface area contributed by atoms with Crippen LogP contribution in [-0.2, 0) is 0 Å². The number of aliphatic imine (C=N–C) groups is 1. The van der Waals surface area contributed by atoms with Crippen molar-refractivity contribution < 1.29 is 5.11 Å². The third-order valence-corrected chi connectivity index (χ3v) is 3.99. The first-order chi connectivity index (χ1) is 10.0. The van der Waals surface area contributed by atoms with E-state index in [0.29, 0.717) is 21.3 Å². The van der Waals surface area contributed by atoms with Crippen molar-refractivity contribution in [1.29, 1.82) is 0 Å². The summed E-state index contributed by atoms with van der Waals surface area (Å²) in [4.78, 5) is 4.84. The molecule has 6 N–H and O–H groups in total. The van der Waals surface area contributed by atoms with Crippen molar-refractivity contribution in [3.63, 3.8) is 0 Å². The molecule has 0 saturated heterocycles. The highest BCUT2D eigenvalue weighted by atomic mass is 32.1. The number of nitrogens with two attached hydrogens (primary N) is 2. The summed E-state index contributed by atoms with van der Waals surface area (Å²) >= 11 is 1.32. The molecule has 110 valence electrons. The smallest absolute Gasteiger partial charge is 0.160 e. The molecule has 0 bridgehead atoms. The Morgan fingerprint density at radius 1 is 1.38 bits per heavy atom. The van der Waals surface area contributed by atoms with Gasteiger partial charge in [0.15, 0.2) is 6.23 Å². The van der Waals surface area contributed by atoms with E-state index >= 15 is 0 Å². The van der Waals surface area contributed by atoms with Crippen LogP contribution in [0.3, 0.4) is 0 Å². The average Bonchev–Trinajstić information content (AvgIpc) is 2.82. The minimum absolute atomic E-state index is 0.526. The quantitative estimate of drug-likeness (QED) is 0.387. The minimum atomic E-state index is -0.870. The number of thiophene rings is 1. The molecule has 0 radical (unpaired) electrons. The second-order valence-corrected chi connectivity index (χ2v) is 5.61. The molecule has 1 unspecified atom stereocenters. The molecule has 2 rings (SSSR count). The average molecular weight is 302 g/mol. The van der Waals surface area contributed by atoms with Gasteiger partial charge in [-0.2, -0.15) is 0 Å². The number of aryl methyl sites for hydroxylation is 1. The summed E-state index contributed by atoms with van der Waals surface area (Å²) < 4.78 is 0. The highest BCUT2D eigenvalue weighted by molar-refractivity contribution is 7.16. The normalized spacial score (nSPS) is 12.5. The van der Waals surface area contributed by atoms with Gasteiger partial charge in [0, 0.05) is 17.6 Å². The largest absolute Gasteiger partial charge is 0.399 e. The predicted molar refractivity (Wildman–Crippen MR) is 91.3 cm³/mol. The van der Waals surface area contributed by atoms with Crippen molar-refractivity contribution in [2.45, 2.75) is 13.2 Å². The van der Waals surface area contributed by atoms with Gasteiger partial charge in [-0.25, -0.2) is 4.99 Å². The lowest BCUT2D eigenvalue weighted by atomic mass is 10.2. The molecule has 0 spiro atoms. The molecule has 5 nitrogen and oxygen atoms in total. The van der Waals surface area contributed by atoms with Crippen molar-refractivity contribution >= 4 is 39.6 Å². The van der Waals surface area contributed by atoms with Gasteiger partial charge in [-0.1, -0.05) is 18.7 Å². The topological polar surface area (TPSA) is 96.7 Å². The molecular weight excluding hydrogens is 284 g/mol. The fourth-order valence-electron chi connectivity index (χ4n) is 1.78. The van der Waals surface area contributed by atoms with Gasteiger partial charge in [0.05, 0.1) is 10.6 Å². The van der Waals surface area contributed by atoms with Crippen LogP contribution in [0, 0.1) is 6.92 Å². The Labute approximate surface area is 127 Å². The number of hydrogen-bond donors (Lipinski definition) is 4. The highest BCUT2D eigenvalue weighted by Gasteiger charge is 2.14. The Hall–Kier alpha value is -2.31. The number of allylic oxidation sites excluding steroid dienone is 1. The first-order valence-electron chi connectivity index (χ1n) is 6.36. The standard InChI is InChI=1S/C15H18N4OS/c1-3-6-18-15-11(17)8-13(21-15)14(20)19-12-7-10(16)5-4-9(12)2/h3-8,14,19-20H,1,16-17H2,2H3. The van der Waals surface area contributed by atoms with Gasteiger partial charge in [-0.3, -0.25) is 0 Å². The maximum Gasteiger partial charge on any atom is 0.160 e. The molecule has 0 saturated carbocycles. The highest BCUT2D eigenvalue weighted by Crippen LogP contribution is 2.36. The van der Waals surface area contributed by atoms with Gasteiger partial charge in [0.25, 0.3) is 0 Å². The second kappa shape index (κ2) is 6.43. The lowest BCUT2D eigenvalue weighted by molar-refractivity contribution is 0.212. The van der Waals surface area contributed by atoms with Crippen LogP contribution in [0.25, 0.3) is 0 Å². The molecule has 0 amide bonds. The summed E-state index contributed by atoms with van der Waals surface area (Å²) in [6, 6.07) is 7.21. The molecule has 6 heteroatoms. The van der Waals surface area contributed by atoms with Gasteiger partial charge >= 0.3 is 0 Å². The Morgan fingerprint density at radius 3 is 2.86 bits per heavy atom. The van der Waals surface area contributed by atoms with Crippen molar-refractivity contribution in [2.75, 3.05) is 16.8 Å². The third kappa shape index (κ3) is 3.62. The predicted octanol–water partition coefficient (Wildman–Crippen LogP) is 3.21. The summed E-state index contributed by atoms with van der Waals surface area (Å²) in [5.74, 6) is 0. The number of nitrogens with one attached hydrogen (secondary N) is 1. The molecule has 2 aromatic rings. The van der Waals surface area contributed by atoms with E-state index in [-0.39, 0.29) is 0 Å². The van der Waals surface area contributed by atoms with Gasteiger partial charge in [0.1, 0.15) is 5.00 Å². The molecule has 1 aromatic heterocycles. The SMILES string of the molecule is C=CC=Nc1sc(C(O)Nc2cc(N)ccc2C)cc1N. The van der Waals surface area contributed by atoms with Crippen LogP contribution in [0.2, 0.25) is 0 Å². The summed E-state index contributed by atoms with van der Waals surface area (Å²) in [6.45, 7) is 5.50. The zero-order valence-electron chi connectivity index (χ0n) is 11.7. The van der Waals surface area contributed by atoms with Crippen molar-refractivity contribution in [3.05, 3.63) is 47.4 Å². The Balaban J connectivity index is 2.20. The summed E-state index contributed by atoms with van der Waals surface area (Å²) in [5, 5.41) is 14.0. The number of rotatable bonds is 5. The van der Waals surface area contributed by atoms with E-state index in [1.54, 1.807) is 24.4 Å². The molecule has 0 aliphatic heterocycles. The van der Waals surface area contributed by atoms with E-state index in [1.165, 1.54) is 11.3 Å². The van der Waals surface area contributed by atoms with Crippen LogP contribution in [0.4, 0.5) is 22.1 Å². The van der Waals surface area contributed by atoms with Crippen LogP contribution >= 0.6 is 11.3 Å². The number of hydrogen-bond acceptors (Lipinski definition) is 6. The third-order valence-electron chi connectivity index (χ3n) is 2.88. The lowest BCUT2D eigenvalue weighted by Gasteiger charge is -2.15. The van der Waals surface area contributed by atoms with Crippen LogP contribution in [0.1, 0.15) is 16.7 Å². The Morgan fingerprint density at radius 2 is 2.14 bits per heavy atom. The number of nitrogen functional groups attached to an aromatic ring is 2. The fourth-order valence-corrected chi connectivity index (χ4v) is 2.65. The van der Waals surface area contributed by atoms with E-state index in [9.17, 15) is 5.11 Å². The van der Waals surface area contributed by atoms with Crippen molar-refractivity contribution in [2.24, 2.45) is 4.99 Å². The number of aliphatic hydroxyl groups is 1. The molecule has 1 atom stereocenters. The number of anilines is 3. The van der Waals surface area contributed by atoms with Gasteiger partial charge < -0.3 is 21.9 Å². The number of nitrogens with zero attached hydrogens (tertiary/aromatic N) is 1. The van der Waals surface area contributed by atoms with E-state index in [4.69, 9.17) is 11.5 Å². The van der Waals surface area contributed by atoms with Gasteiger partial charge in [0.2, 0.25) is 0 Å². The molecule has 1 aromatic carbocycles. The Bertz CT molecular complexity index is 678. The minimum Gasteiger partial charge on any atom is -0.399 e. The van der Waals surface area contributed by atoms with Gasteiger partial charge in [-0.05, 0) is 30.7 Å². The zero-order valence-corrected chi connectivity index (χ0v) is 12.5. The number of aliphatic hydroxyl groups excluding tert-OH is 1. The molecule has 1 heterocycles. The van der Waals surface area contributed by atoms with Crippen LogP contribution in [-0.4, -0.2) is 11.3 Å². The van der Waals surface area contributed by atoms with Crippen LogP contribution < -0.4 is 16.8 Å². The van der Waals surface area contributed by atoms with Crippen molar-refractivity contribution in [3.8, 4) is 0 Å². The Kier molecular flexibility index (Phi) is 4.62. The first-order valence-corrected chi connectivity index (χ1v) is 7.18. The second-order valence-electron chi connectivity index (χ2n) is 4.54. The van der Waals surface area contributed by atoms with E-state index in [2.05, 4.69) is 16.9 Å². The molecule has 0 aliphatic rings. The fraction of sp³-hybridized carbons (Fsp3) is 0.133. The monoisotopic (exact) mass is 302 g/mol. The molecule has 0 fully saturated rings. The van der Waals surface area contributed by atoms with Gasteiger partial charge in [-0.15, -0.1) is 11.3 Å².